The molecule has 0 saturated heterocycles. The number of urea groups is 1. The molecule has 2 heterocycles. The van der Waals surface area contributed by atoms with Gasteiger partial charge in [-0.15, -0.1) is 0 Å². The molecule has 2 N–H and O–H groups in total. The Bertz CT molecular complexity index is 742. The maximum atomic E-state index is 12.3. The number of ether oxygens (including phenoxy) is 2. The summed E-state index contributed by atoms with van der Waals surface area (Å²) in [6.45, 7) is 1.28. The first-order valence-electron chi connectivity index (χ1n) is 7.48. The van der Waals surface area contributed by atoms with Gasteiger partial charge in [0.2, 0.25) is 0 Å². The average Bonchev–Trinajstić information content (AvgIpc) is 3.18. The molecule has 0 saturated carbocycles. The number of amides is 2. The van der Waals surface area contributed by atoms with E-state index >= 15 is 0 Å². The quantitative estimate of drug-likeness (QED) is 0.835. The van der Waals surface area contributed by atoms with Crippen LogP contribution >= 0.6 is 15.9 Å². The highest BCUT2D eigenvalue weighted by molar-refractivity contribution is 9.10. The molecule has 0 unspecified atom stereocenters. The number of hydrogen-bond donors (Lipinski definition) is 2. The van der Waals surface area contributed by atoms with Gasteiger partial charge in [0.1, 0.15) is 11.5 Å². The molecule has 0 bridgehead atoms. The number of halogens is 1. The number of benzene rings is 2. The molecule has 0 aromatic heterocycles. The van der Waals surface area contributed by atoms with Crippen molar-refractivity contribution >= 4 is 33.3 Å². The molecule has 0 aliphatic carbocycles. The zero-order valence-electron chi connectivity index (χ0n) is 12.3. The molecule has 0 fully saturated rings. The second kappa shape index (κ2) is 5.77. The monoisotopic (exact) mass is 374 g/mol. The standard InChI is InChI=1S/C17H15BrN2O3/c18-11-1-3-12(4-2-11)19-17(21)20-15-13-6-8-22-14(13)9-10-5-7-23-16(10)15/h1-4,9H,5-8H2,(H2,19,20,21). The Kier molecular flexibility index (Phi) is 3.61. The van der Waals surface area contributed by atoms with Crippen molar-refractivity contribution in [3.8, 4) is 11.5 Å². The molecule has 2 aromatic carbocycles. The van der Waals surface area contributed by atoms with Crippen LogP contribution in [0.2, 0.25) is 0 Å². The first-order chi connectivity index (χ1) is 11.2. The zero-order valence-corrected chi connectivity index (χ0v) is 13.9. The predicted octanol–water partition coefficient (Wildman–Crippen LogP) is 3.96. The van der Waals surface area contributed by atoms with Crippen LogP contribution < -0.4 is 20.1 Å². The number of hydrogen-bond acceptors (Lipinski definition) is 3. The van der Waals surface area contributed by atoms with E-state index in [1.54, 1.807) is 0 Å². The molecule has 2 amide bonds. The molecule has 4 rings (SSSR count). The van der Waals surface area contributed by atoms with Crippen LogP contribution in [-0.4, -0.2) is 19.2 Å². The summed E-state index contributed by atoms with van der Waals surface area (Å²) in [5.74, 6) is 1.63. The van der Waals surface area contributed by atoms with Crippen molar-refractivity contribution in [2.45, 2.75) is 12.8 Å². The van der Waals surface area contributed by atoms with Crippen molar-refractivity contribution < 1.29 is 14.3 Å². The van der Waals surface area contributed by atoms with Gasteiger partial charge in [0.15, 0.2) is 0 Å². The van der Waals surface area contributed by atoms with Gasteiger partial charge < -0.3 is 20.1 Å². The van der Waals surface area contributed by atoms with E-state index in [0.29, 0.717) is 13.2 Å². The molecular formula is C17H15BrN2O3. The number of carbonyl (C=O) groups excluding carboxylic acids is 1. The Morgan fingerprint density at radius 3 is 2.65 bits per heavy atom. The summed E-state index contributed by atoms with van der Waals surface area (Å²) in [5, 5.41) is 5.77. The largest absolute Gasteiger partial charge is 0.493 e. The van der Waals surface area contributed by atoms with Gasteiger partial charge in [-0.1, -0.05) is 15.9 Å². The lowest BCUT2D eigenvalue weighted by Gasteiger charge is -2.14. The second-order valence-corrected chi connectivity index (χ2v) is 6.42. The van der Waals surface area contributed by atoms with Crippen molar-refractivity contribution in [3.05, 3.63) is 45.9 Å². The van der Waals surface area contributed by atoms with Crippen LogP contribution in [0.5, 0.6) is 11.5 Å². The lowest BCUT2D eigenvalue weighted by Crippen LogP contribution is -2.20. The third kappa shape index (κ3) is 2.74. The Hall–Kier alpha value is -2.21. The topological polar surface area (TPSA) is 59.6 Å². The Balaban J connectivity index is 1.59. The third-order valence-corrected chi connectivity index (χ3v) is 4.52. The molecule has 0 radical (unpaired) electrons. The SMILES string of the molecule is O=C(Nc1ccc(Br)cc1)Nc1c2c(cc3c1OCC3)OCC2. The van der Waals surface area contributed by atoms with Gasteiger partial charge in [0.05, 0.1) is 18.9 Å². The minimum absolute atomic E-state index is 0.287. The van der Waals surface area contributed by atoms with Gasteiger partial charge in [-0.2, -0.15) is 0 Å². The molecule has 6 heteroatoms. The summed E-state index contributed by atoms with van der Waals surface area (Å²) >= 11 is 3.37. The first-order valence-corrected chi connectivity index (χ1v) is 8.28. The van der Waals surface area contributed by atoms with E-state index in [2.05, 4.69) is 26.6 Å². The fourth-order valence-corrected chi connectivity index (χ4v) is 3.19. The summed E-state index contributed by atoms with van der Waals surface area (Å²) in [5.41, 5.74) is 3.57. The number of rotatable bonds is 2. The summed E-state index contributed by atoms with van der Waals surface area (Å²) in [4.78, 5) is 12.3. The number of nitrogens with one attached hydrogen (secondary N) is 2. The van der Waals surface area contributed by atoms with Gasteiger partial charge in [-0.05, 0) is 30.3 Å². The van der Waals surface area contributed by atoms with E-state index in [9.17, 15) is 4.79 Å². The highest BCUT2D eigenvalue weighted by Crippen LogP contribution is 2.44. The Morgan fingerprint density at radius 1 is 1.04 bits per heavy atom. The van der Waals surface area contributed by atoms with E-state index in [0.717, 1.165) is 51.3 Å². The van der Waals surface area contributed by atoms with Gasteiger partial charge in [0.25, 0.3) is 0 Å². The molecular weight excluding hydrogens is 360 g/mol. The molecule has 0 atom stereocenters. The lowest BCUT2D eigenvalue weighted by molar-refractivity contribution is 0.262. The van der Waals surface area contributed by atoms with Crippen LogP contribution in [0.3, 0.4) is 0 Å². The van der Waals surface area contributed by atoms with Crippen molar-refractivity contribution in [2.75, 3.05) is 23.8 Å². The summed E-state index contributed by atoms with van der Waals surface area (Å²) < 4.78 is 12.3. The Morgan fingerprint density at radius 2 is 1.83 bits per heavy atom. The smallest absolute Gasteiger partial charge is 0.323 e. The van der Waals surface area contributed by atoms with Crippen molar-refractivity contribution in [1.82, 2.24) is 0 Å². The maximum Gasteiger partial charge on any atom is 0.323 e. The van der Waals surface area contributed by atoms with Crippen LogP contribution in [0, 0.1) is 0 Å². The number of anilines is 2. The molecule has 0 spiro atoms. The fourth-order valence-electron chi connectivity index (χ4n) is 2.93. The molecule has 2 aliphatic rings. The zero-order chi connectivity index (χ0) is 15.8. The average molecular weight is 375 g/mol. The molecule has 2 aliphatic heterocycles. The van der Waals surface area contributed by atoms with Gasteiger partial charge in [0, 0.05) is 34.1 Å². The van der Waals surface area contributed by atoms with Gasteiger partial charge in [-0.25, -0.2) is 4.79 Å². The maximum absolute atomic E-state index is 12.3. The lowest BCUT2D eigenvalue weighted by atomic mass is 10.0. The summed E-state index contributed by atoms with van der Waals surface area (Å²) in [6, 6.07) is 9.18. The molecule has 5 nitrogen and oxygen atoms in total. The van der Waals surface area contributed by atoms with E-state index in [1.165, 1.54) is 0 Å². The van der Waals surface area contributed by atoms with Crippen LogP contribution in [0.15, 0.2) is 34.8 Å². The molecule has 118 valence electrons. The molecule has 23 heavy (non-hydrogen) atoms. The normalized spacial score (nSPS) is 14.5. The highest BCUT2D eigenvalue weighted by atomic mass is 79.9. The van der Waals surface area contributed by atoms with E-state index < -0.39 is 0 Å². The summed E-state index contributed by atoms with van der Waals surface area (Å²) in [7, 11) is 0. The van der Waals surface area contributed by atoms with Crippen LogP contribution in [0.1, 0.15) is 11.1 Å². The van der Waals surface area contributed by atoms with E-state index in [4.69, 9.17) is 9.47 Å². The number of carbonyl (C=O) groups is 1. The van der Waals surface area contributed by atoms with Crippen LogP contribution in [0.25, 0.3) is 0 Å². The predicted molar refractivity (Wildman–Crippen MR) is 91.6 cm³/mol. The first kappa shape index (κ1) is 14.4. The van der Waals surface area contributed by atoms with E-state index in [1.807, 2.05) is 30.3 Å². The third-order valence-electron chi connectivity index (χ3n) is 3.99. The van der Waals surface area contributed by atoms with Gasteiger partial charge >= 0.3 is 6.03 Å². The second-order valence-electron chi connectivity index (χ2n) is 5.50. The minimum atomic E-state index is -0.287. The van der Waals surface area contributed by atoms with Crippen molar-refractivity contribution in [3.63, 3.8) is 0 Å². The molecule has 2 aromatic rings. The number of fused-ring (bicyclic) bond motifs is 2. The van der Waals surface area contributed by atoms with E-state index in [-0.39, 0.29) is 6.03 Å². The Labute approximate surface area is 142 Å². The fraction of sp³-hybridized carbons (Fsp3) is 0.235. The summed E-state index contributed by atoms with van der Waals surface area (Å²) in [6.07, 6.45) is 1.62. The van der Waals surface area contributed by atoms with Gasteiger partial charge in [-0.3, -0.25) is 0 Å². The van der Waals surface area contributed by atoms with Crippen molar-refractivity contribution in [2.24, 2.45) is 0 Å². The minimum Gasteiger partial charge on any atom is -0.493 e. The van der Waals surface area contributed by atoms with Crippen LogP contribution in [0.4, 0.5) is 16.2 Å². The highest BCUT2D eigenvalue weighted by Gasteiger charge is 2.27. The van der Waals surface area contributed by atoms with Crippen molar-refractivity contribution in [1.29, 1.82) is 0 Å². The van der Waals surface area contributed by atoms with Crippen LogP contribution in [-0.2, 0) is 12.8 Å².